The molecule has 0 amide bonds. The first-order valence-corrected chi connectivity index (χ1v) is 6.17. The molecule has 0 aromatic heterocycles. The molecule has 0 bridgehead atoms. The highest BCUT2D eigenvalue weighted by atomic mass is 16.7. The highest BCUT2D eigenvalue weighted by Gasteiger charge is 2.38. The molecular formula is C14H24N2O3. The van der Waals surface area contributed by atoms with E-state index in [9.17, 15) is 0 Å². The van der Waals surface area contributed by atoms with E-state index < -0.39 is 11.8 Å². The predicted octanol–water partition coefficient (Wildman–Crippen LogP) is 1.47. The van der Waals surface area contributed by atoms with Crippen LogP contribution in [0.25, 0.3) is 0 Å². The van der Waals surface area contributed by atoms with Crippen LogP contribution in [0.3, 0.4) is 0 Å². The Morgan fingerprint density at radius 3 is 2.26 bits per heavy atom. The average Bonchev–Trinajstić information content (AvgIpc) is 2.47. The van der Waals surface area contributed by atoms with Crippen molar-refractivity contribution in [3.05, 3.63) is 24.3 Å². The van der Waals surface area contributed by atoms with Crippen molar-refractivity contribution in [2.45, 2.75) is 18.8 Å². The van der Waals surface area contributed by atoms with E-state index in [2.05, 4.69) is 0 Å². The number of rotatable bonds is 7. The van der Waals surface area contributed by atoms with Crippen LogP contribution in [0, 0.1) is 0 Å². The van der Waals surface area contributed by atoms with Gasteiger partial charge in [0.1, 0.15) is 11.3 Å². The SMILES string of the molecule is COc1ccccc1N(C)C(C)(CN)C(OC)OC. The fourth-order valence-electron chi connectivity index (χ4n) is 2.18. The fourth-order valence-corrected chi connectivity index (χ4v) is 2.18. The molecule has 5 heteroatoms. The van der Waals surface area contributed by atoms with Crippen LogP contribution in [0.1, 0.15) is 6.92 Å². The van der Waals surface area contributed by atoms with E-state index in [0.29, 0.717) is 6.54 Å². The number of nitrogens with two attached hydrogens (primary N) is 1. The normalized spacial score (nSPS) is 14.3. The van der Waals surface area contributed by atoms with Gasteiger partial charge in [-0.3, -0.25) is 0 Å². The zero-order valence-electron chi connectivity index (χ0n) is 12.3. The van der Waals surface area contributed by atoms with Gasteiger partial charge in [0.25, 0.3) is 0 Å². The van der Waals surface area contributed by atoms with Crippen LogP contribution in [0.2, 0.25) is 0 Å². The lowest BCUT2D eigenvalue weighted by Gasteiger charge is -2.43. The number of likely N-dealkylation sites (N-methyl/N-ethyl adjacent to an activating group) is 1. The summed E-state index contributed by atoms with van der Waals surface area (Å²) < 4.78 is 16.2. The molecule has 2 N–H and O–H groups in total. The Bertz CT molecular complexity index is 396. The van der Waals surface area contributed by atoms with Crippen LogP contribution in [-0.4, -0.2) is 46.8 Å². The number of hydrogen-bond donors (Lipinski definition) is 1. The highest BCUT2D eigenvalue weighted by Crippen LogP contribution is 2.33. The van der Waals surface area contributed by atoms with Crippen LogP contribution in [0.5, 0.6) is 5.75 Å². The number of ether oxygens (including phenoxy) is 3. The second-order valence-electron chi connectivity index (χ2n) is 4.60. The molecule has 0 spiro atoms. The Morgan fingerprint density at radius 1 is 1.21 bits per heavy atom. The fraction of sp³-hybridized carbons (Fsp3) is 0.571. The largest absolute Gasteiger partial charge is 0.495 e. The van der Waals surface area contributed by atoms with Crippen molar-refractivity contribution < 1.29 is 14.2 Å². The van der Waals surface area contributed by atoms with Crippen molar-refractivity contribution in [3.63, 3.8) is 0 Å². The van der Waals surface area contributed by atoms with E-state index >= 15 is 0 Å². The third kappa shape index (κ3) is 3.00. The summed E-state index contributed by atoms with van der Waals surface area (Å²) in [5.74, 6) is 0.788. The van der Waals surface area contributed by atoms with Crippen molar-refractivity contribution in [1.29, 1.82) is 0 Å². The van der Waals surface area contributed by atoms with Crippen LogP contribution >= 0.6 is 0 Å². The topological polar surface area (TPSA) is 57.0 Å². The first-order valence-electron chi connectivity index (χ1n) is 6.17. The van der Waals surface area contributed by atoms with E-state index in [0.717, 1.165) is 11.4 Å². The lowest BCUT2D eigenvalue weighted by atomic mass is 9.98. The third-order valence-corrected chi connectivity index (χ3v) is 3.56. The first kappa shape index (κ1) is 15.8. The monoisotopic (exact) mass is 268 g/mol. The Hall–Kier alpha value is -1.30. The minimum atomic E-state index is -0.502. The van der Waals surface area contributed by atoms with Crippen LogP contribution < -0.4 is 15.4 Å². The van der Waals surface area contributed by atoms with Gasteiger partial charge >= 0.3 is 0 Å². The van der Waals surface area contributed by atoms with Gasteiger partial charge < -0.3 is 24.8 Å². The number of nitrogens with zero attached hydrogens (tertiary/aromatic N) is 1. The second kappa shape index (κ2) is 6.75. The van der Waals surface area contributed by atoms with Crippen molar-refractivity contribution in [3.8, 4) is 5.75 Å². The smallest absolute Gasteiger partial charge is 0.180 e. The van der Waals surface area contributed by atoms with Crippen molar-refractivity contribution in [1.82, 2.24) is 0 Å². The van der Waals surface area contributed by atoms with Gasteiger partial charge in [-0.25, -0.2) is 0 Å². The number of para-hydroxylation sites is 2. The minimum absolute atomic E-state index is 0.383. The number of benzene rings is 1. The van der Waals surface area contributed by atoms with E-state index in [1.165, 1.54) is 0 Å². The summed E-state index contributed by atoms with van der Waals surface area (Å²) in [6, 6.07) is 7.78. The molecule has 1 rings (SSSR count). The number of methoxy groups -OCH3 is 3. The Balaban J connectivity index is 3.17. The summed E-state index contributed by atoms with van der Waals surface area (Å²) in [5.41, 5.74) is 6.39. The summed E-state index contributed by atoms with van der Waals surface area (Å²) >= 11 is 0. The van der Waals surface area contributed by atoms with Crippen LogP contribution in [-0.2, 0) is 9.47 Å². The summed E-state index contributed by atoms with van der Waals surface area (Å²) in [6.45, 7) is 2.38. The molecule has 0 saturated carbocycles. The molecule has 0 fully saturated rings. The quantitative estimate of drug-likeness (QED) is 0.759. The maximum absolute atomic E-state index is 5.95. The minimum Gasteiger partial charge on any atom is -0.495 e. The molecule has 1 unspecified atom stereocenters. The Kier molecular flexibility index (Phi) is 5.60. The molecule has 0 aliphatic carbocycles. The van der Waals surface area contributed by atoms with Gasteiger partial charge in [-0.1, -0.05) is 12.1 Å². The van der Waals surface area contributed by atoms with E-state index in [-0.39, 0.29) is 0 Å². The molecular weight excluding hydrogens is 244 g/mol. The van der Waals surface area contributed by atoms with Gasteiger partial charge in [0.15, 0.2) is 6.29 Å². The van der Waals surface area contributed by atoms with Gasteiger partial charge in [-0.15, -0.1) is 0 Å². The van der Waals surface area contributed by atoms with E-state index in [1.807, 2.05) is 43.1 Å². The summed E-state index contributed by atoms with van der Waals surface area (Å²) in [7, 11) is 6.82. The zero-order chi connectivity index (χ0) is 14.5. The molecule has 0 saturated heterocycles. The first-order chi connectivity index (χ1) is 9.04. The van der Waals surface area contributed by atoms with Gasteiger partial charge in [0.2, 0.25) is 0 Å². The Morgan fingerprint density at radius 2 is 1.79 bits per heavy atom. The summed E-state index contributed by atoms with van der Waals surface area (Å²) in [5, 5.41) is 0. The molecule has 0 aliphatic heterocycles. The molecule has 5 nitrogen and oxygen atoms in total. The predicted molar refractivity (Wildman–Crippen MR) is 76.7 cm³/mol. The lowest BCUT2D eigenvalue weighted by Crippen LogP contribution is -2.59. The van der Waals surface area contributed by atoms with Crippen LogP contribution in [0.15, 0.2) is 24.3 Å². The average molecular weight is 268 g/mol. The molecule has 0 heterocycles. The second-order valence-corrected chi connectivity index (χ2v) is 4.60. The molecule has 1 atom stereocenters. The standard InChI is InChI=1S/C14H24N2O3/c1-14(10-15,13(18-4)19-5)16(2)11-8-6-7-9-12(11)17-3/h6-9,13H,10,15H2,1-5H3. The molecule has 19 heavy (non-hydrogen) atoms. The van der Waals surface area contributed by atoms with Gasteiger partial charge in [0.05, 0.1) is 12.8 Å². The number of anilines is 1. The van der Waals surface area contributed by atoms with Gasteiger partial charge in [-0.2, -0.15) is 0 Å². The molecule has 0 radical (unpaired) electrons. The summed E-state index contributed by atoms with van der Waals surface area (Å²) in [6.07, 6.45) is -0.438. The maximum Gasteiger partial charge on any atom is 0.180 e. The van der Waals surface area contributed by atoms with E-state index in [4.69, 9.17) is 19.9 Å². The summed E-state index contributed by atoms with van der Waals surface area (Å²) in [4.78, 5) is 2.03. The molecule has 0 aliphatic rings. The zero-order valence-corrected chi connectivity index (χ0v) is 12.3. The third-order valence-electron chi connectivity index (χ3n) is 3.56. The Labute approximate surface area is 115 Å². The highest BCUT2D eigenvalue weighted by molar-refractivity contribution is 5.59. The van der Waals surface area contributed by atoms with Crippen molar-refractivity contribution in [2.75, 3.05) is 39.8 Å². The van der Waals surface area contributed by atoms with Crippen molar-refractivity contribution in [2.24, 2.45) is 5.73 Å². The molecule has 1 aromatic carbocycles. The number of hydrogen-bond acceptors (Lipinski definition) is 5. The van der Waals surface area contributed by atoms with Gasteiger partial charge in [0, 0.05) is 27.8 Å². The molecule has 1 aromatic rings. The van der Waals surface area contributed by atoms with Crippen LogP contribution in [0.4, 0.5) is 5.69 Å². The molecule has 108 valence electrons. The lowest BCUT2D eigenvalue weighted by molar-refractivity contribution is -0.140. The van der Waals surface area contributed by atoms with E-state index in [1.54, 1.807) is 21.3 Å². The van der Waals surface area contributed by atoms with Crippen molar-refractivity contribution >= 4 is 5.69 Å². The maximum atomic E-state index is 5.95. The van der Waals surface area contributed by atoms with Gasteiger partial charge in [-0.05, 0) is 19.1 Å².